The highest BCUT2D eigenvalue weighted by Crippen LogP contribution is 2.20. The van der Waals surface area contributed by atoms with Crippen LogP contribution in [0.4, 0.5) is 0 Å². The average molecular weight is 244 g/mol. The van der Waals surface area contributed by atoms with Gasteiger partial charge in [0, 0.05) is 18.3 Å². The second-order valence-electron chi connectivity index (χ2n) is 4.44. The summed E-state index contributed by atoms with van der Waals surface area (Å²) in [6.45, 7) is 4.60. The summed E-state index contributed by atoms with van der Waals surface area (Å²) in [5.41, 5.74) is 4.42. The van der Waals surface area contributed by atoms with E-state index in [2.05, 4.69) is 31.0 Å². The Bertz CT molecular complexity index is 573. The molecule has 94 valence electrons. The van der Waals surface area contributed by atoms with Gasteiger partial charge in [0.1, 0.15) is 0 Å². The fourth-order valence-corrected chi connectivity index (χ4v) is 1.76. The van der Waals surface area contributed by atoms with Crippen LogP contribution in [-0.2, 0) is 11.3 Å². The van der Waals surface area contributed by atoms with Crippen LogP contribution in [0.1, 0.15) is 17.5 Å². The molecule has 1 aromatic heterocycles. The number of rotatable bonds is 4. The van der Waals surface area contributed by atoms with E-state index in [0.29, 0.717) is 6.54 Å². The molecule has 4 heteroatoms. The first-order valence-electron chi connectivity index (χ1n) is 5.87. The van der Waals surface area contributed by atoms with Crippen LogP contribution >= 0.6 is 0 Å². The van der Waals surface area contributed by atoms with Crippen LogP contribution in [0.5, 0.6) is 0 Å². The molecule has 1 aromatic carbocycles. The highest BCUT2D eigenvalue weighted by Gasteiger charge is 2.04. The van der Waals surface area contributed by atoms with Gasteiger partial charge in [0.25, 0.3) is 0 Å². The zero-order valence-corrected chi connectivity index (χ0v) is 10.6. The van der Waals surface area contributed by atoms with Gasteiger partial charge in [0.2, 0.25) is 0 Å². The monoisotopic (exact) mass is 244 g/mol. The van der Waals surface area contributed by atoms with Crippen molar-refractivity contribution in [1.82, 2.24) is 9.55 Å². The molecule has 0 aliphatic heterocycles. The van der Waals surface area contributed by atoms with Gasteiger partial charge in [-0.25, -0.2) is 4.98 Å². The molecule has 4 nitrogen and oxygen atoms in total. The maximum Gasteiger partial charge on any atom is 0.305 e. The predicted octanol–water partition coefficient (Wildman–Crippen LogP) is 2.64. The molecule has 0 aliphatic rings. The van der Waals surface area contributed by atoms with Gasteiger partial charge in [-0.3, -0.25) is 4.79 Å². The number of aliphatic carboxylic acids is 1. The standard InChI is InChI=1S/C14H16N2O2/c1-10-3-4-12(7-11(10)2)13-8-16(9-15-13)6-5-14(17)18/h3-4,7-9H,5-6H2,1-2H3,(H,17,18). The normalized spacial score (nSPS) is 10.6. The molecule has 0 atom stereocenters. The van der Waals surface area contributed by atoms with Crippen molar-refractivity contribution >= 4 is 5.97 Å². The van der Waals surface area contributed by atoms with Crippen molar-refractivity contribution in [1.29, 1.82) is 0 Å². The van der Waals surface area contributed by atoms with Gasteiger partial charge in [-0.2, -0.15) is 0 Å². The average Bonchev–Trinajstić information content (AvgIpc) is 2.79. The quantitative estimate of drug-likeness (QED) is 0.899. The molecule has 0 amide bonds. The second kappa shape index (κ2) is 5.04. The summed E-state index contributed by atoms with van der Waals surface area (Å²) >= 11 is 0. The smallest absolute Gasteiger partial charge is 0.305 e. The summed E-state index contributed by atoms with van der Waals surface area (Å²) in [5.74, 6) is -0.795. The Morgan fingerprint density at radius 1 is 1.33 bits per heavy atom. The van der Waals surface area contributed by atoms with E-state index in [0.717, 1.165) is 11.3 Å². The van der Waals surface area contributed by atoms with Gasteiger partial charge in [-0.15, -0.1) is 0 Å². The van der Waals surface area contributed by atoms with E-state index in [-0.39, 0.29) is 6.42 Å². The van der Waals surface area contributed by atoms with Crippen molar-refractivity contribution in [2.24, 2.45) is 0 Å². The maximum atomic E-state index is 10.5. The van der Waals surface area contributed by atoms with E-state index >= 15 is 0 Å². The molecule has 1 N–H and O–H groups in total. The minimum Gasteiger partial charge on any atom is -0.481 e. The highest BCUT2D eigenvalue weighted by molar-refractivity contribution is 5.66. The predicted molar refractivity (Wildman–Crippen MR) is 69.4 cm³/mol. The minimum absolute atomic E-state index is 0.114. The molecule has 0 bridgehead atoms. The van der Waals surface area contributed by atoms with Crippen LogP contribution in [0.25, 0.3) is 11.3 Å². The topological polar surface area (TPSA) is 55.1 Å². The number of carboxylic acid groups (broad SMARTS) is 1. The number of imidazole rings is 1. The highest BCUT2D eigenvalue weighted by atomic mass is 16.4. The molecule has 2 rings (SSSR count). The summed E-state index contributed by atoms with van der Waals surface area (Å²) < 4.78 is 1.80. The third kappa shape index (κ3) is 2.77. The van der Waals surface area contributed by atoms with Gasteiger partial charge in [-0.1, -0.05) is 12.1 Å². The molecule has 1 heterocycles. The molecular weight excluding hydrogens is 228 g/mol. The third-order valence-electron chi connectivity index (χ3n) is 3.02. The van der Waals surface area contributed by atoms with Crippen LogP contribution in [-0.4, -0.2) is 20.6 Å². The fourth-order valence-electron chi connectivity index (χ4n) is 1.76. The molecule has 0 unspecified atom stereocenters. The van der Waals surface area contributed by atoms with Crippen LogP contribution in [0.3, 0.4) is 0 Å². The van der Waals surface area contributed by atoms with Crippen molar-refractivity contribution in [3.8, 4) is 11.3 Å². The Labute approximate surface area is 106 Å². The van der Waals surface area contributed by atoms with Crippen molar-refractivity contribution in [3.05, 3.63) is 41.9 Å². The summed E-state index contributed by atoms with van der Waals surface area (Å²) in [7, 11) is 0. The Hall–Kier alpha value is -2.10. The first kappa shape index (κ1) is 12.4. The number of hydrogen-bond acceptors (Lipinski definition) is 2. The summed E-state index contributed by atoms with van der Waals surface area (Å²) in [6.07, 6.45) is 3.67. The molecule has 18 heavy (non-hydrogen) atoms. The maximum absolute atomic E-state index is 10.5. The van der Waals surface area contributed by atoms with Gasteiger partial charge in [0.15, 0.2) is 0 Å². The molecule has 0 radical (unpaired) electrons. The van der Waals surface area contributed by atoms with E-state index in [9.17, 15) is 4.79 Å². The van der Waals surface area contributed by atoms with Crippen LogP contribution in [0, 0.1) is 13.8 Å². The Morgan fingerprint density at radius 3 is 2.78 bits per heavy atom. The van der Waals surface area contributed by atoms with Gasteiger partial charge < -0.3 is 9.67 Å². The molecule has 0 spiro atoms. The van der Waals surface area contributed by atoms with E-state index in [1.165, 1.54) is 11.1 Å². The number of hydrogen-bond donors (Lipinski definition) is 1. The van der Waals surface area contributed by atoms with Gasteiger partial charge in [-0.05, 0) is 31.0 Å². The molecule has 0 aliphatic carbocycles. The Balaban J connectivity index is 2.18. The van der Waals surface area contributed by atoms with Crippen molar-refractivity contribution in [3.63, 3.8) is 0 Å². The molecule has 0 fully saturated rings. The SMILES string of the molecule is Cc1ccc(-c2cn(CCC(=O)O)cn2)cc1C. The van der Waals surface area contributed by atoms with Crippen LogP contribution in [0.15, 0.2) is 30.7 Å². The zero-order chi connectivity index (χ0) is 13.1. The summed E-state index contributed by atoms with van der Waals surface area (Å²) in [5, 5.41) is 8.63. The molecule has 0 saturated carbocycles. The summed E-state index contributed by atoms with van der Waals surface area (Å²) in [4.78, 5) is 14.8. The number of aryl methyl sites for hydroxylation is 3. The van der Waals surface area contributed by atoms with E-state index in [1.807, 2.05) is 12.3 Å². The van der Waals surface area contributed by atoms with E-state index in [1.54, 1.807) is 10.9 Å². The van der Waals surface area contributed by atoms with Crippen molar-refractivity contribution in [2.45, 2.75) is 26.8 Å². The lowest BCUT2D eigenvalue weighted by Gasteiger charge is -2.02. The van der Waals surface area contributed by atoms with Crippen LogP contribution in [0.2, 0.25) is 0 Å². The molecule has 2 aromatic rings. The van der Waals surface area contributed by atoms with Crippen molar-refractivity contribution < 1.29 is 9.90 Å². The fraction of sp³-hybridized carbons (Fsp3) is 0.286. The van der Waals surface area contributed by atoms with E-state index in [4.69, 9.17) is 5.11 Å². The van der Waals surface area contributed by atoms with Crippen LogP contribution < -0.4 is 0 Å². The lowest BCUT2D eigenvalue weighted by Crippen LogP contribution is -2.02. The Morgan fingerprint density at radius 2 is 2.11 bits per heavy atom. The first-order valence-corrected chi connectivity index (χ1v) is 5.87. The Kier molecular flexibility index (Phi) is 3.46. The lowest BCUT2D eigenvalue weighted by atomic mass is 10.0. The number of carbonyl (C=O) groups is 1. The number of carboxylic acids is 1. The molecule has 0 saturated heterocycles. The van der Waals surface area contributed by atoms with Gasteiger partial charge >= 0.3 is 5.97 Å². The lowest BCUT2D eigenvalue weighted by molar-refractivity contribution is -0.137. The third-order valence-corrected chi connectivity index (χ3v) is 3.02. The zero-order valence-electron chi connectivity index (χ0n) is 10.6. The first-order chi connectivity index (χ1) is 8.56. The number of benzene rings is 1. The molecular formula is C14H16N2O2. The second-order valence-corrected chi connectivity index (χ2v) is 4.44. The number of nitrogens with zero attached hydrogens (tertiary/aromatic N) is 2. The number of aromatic nitrogens is 2. The largest absolute Gasteiger partial charge is 0.481 e. The van der Waals surface area contributed by atoms with Gasteiger partial charge in [0.05, 0.1) is 18.4 Å². The summed E-state index contributed by atoms with van der Waals surface area (Å²) in [6, 6.07) is 6.20. The minimum atomic E-state index is -0.795. The van der Waals surface area contributed by atoms with Crippen molar-refractivity contribution in [2.75, 3.05) is 0 Å². The van der Waals surface area contributed by atoms with E-state index < -0.39 is 5.97 Å².